The van der Waals surface area contributed by atoms with Gasteiger partial charge in [-0.05, 0) is 32.3 Å². The summed E-state index contributed by atoms with van der Waals surface area (Å²) < 4.78 is 5.13. The average molecular weight is 280 g/mol. The fourth-order valence-corrected chi connectivity index (χ4v) is 2.31. The van der Waals surface area contributed by atoms with Gasteiger partial charge in [-0.25, -0.2) is 4.79 Å². The summed E-state index contributed by atoms with van der Waals surface area (Å²) in [5.41, 5.74) is 0.122. The van der Waals surface area contributed by atoms with Crippen molar-refractivity contribution < 1.29 is 19.1 Å². The van der Waals surface area contributed by atoms with E-state index in [0.717, 1.165) is 25.9 Å². The normalized spacial score (nSPS) is 16.9. The van der Waals surface area contributed by atoms with Crippen molar-refractivity contribution in [1.29, 1.82) is 0 Å². The largest absolute Gasteiger partial charge is 0.478 e. The minimum absolute atomic E-state index is 0.0923. The standard InChI is InChI=1S/C14H20N2O4/c1-10(13(17)16-5-3-2-4-6-16)15-8-12-7-11(9-20-12)14(18)19/h7,9-10,15H,2-6,8H2,1H3,(H,18,19). The van der Waals surface area contributed by atoms with Gasteiger partial charge in [0.25, 0.3) is 0 Å². The minimum atomic E-state index is -1.02. The molecule has 0 aromatic carbocycles. The van der Waals surface area contributed by atoms with E-state index in [0.29, 0.717) is 12.3 Å². The number of piperidine rings is 1. The SMILES string of the molecule is CC(NCc1cc(C(=O)O)co1)C(=O)N1CCCCC1. The number of hydrogen-bond donors (Lipinski definition) is 2. The number of amides is 1. The van der Waals surface area contributed by atoms with Gasteiger partial charge in [0.15, 0.2) is 0 Å². The Morgan fingerprint density at radius 3 is 2.70 bits per heavy atom. The van der Waals surface area contributed by atoms with Gasteiger partial charge in [-0.3, -0.25) is 10.1 Å². The number of carboxylic acid groups (broad SMARTS) is 1. The molecule has 0 spiro atoms. The third-order valence-corrected chi connectivity index (χ3v) is 3.52. The maximum atomic E-state index is 12.2. The average Bonchev–Trinajstić information content (AvgIpc) is 2.94. The van der Waals surface area contributed by atoms with Crippen LogP contribution in [0.4, 0.5) is 0 Å². The Hall–Kier alpha value is -1.82. The van der Waals surface area contributed by atoms with Crippen molar-refractivity contribution in [3.63, 3.8) is 0 Å². The van der Waals surface area contributed by atoms with E-state index in [2.05, 4.69) is 5.32 Å². The minimum Gasteiger partial charge on any atom is -0.478 e. The van der Waals surface area contributed by atoms with Crippen LogP contribution in [0.3, 0.4) is 0 Å². The number of carboxylic acids is 1. The molecule has 1 fully saturated rings. The van der Waals surface area contributed by atoms with Gasteiger partial charge in [0.1, 0.15) is 12.0 Å². The second-order valence-corrected chi connectivity index (χ2v) is 5.10. The first kappa shape index (κ1) is 14.6. The van der Waals surface area contributed by atoms with Crippen LogP contribution < -0.4 is 5.32 Å². The summed E-state index contributed by atoms with van der Waals surface area (Å²) >= 11 is 0. The lowest BCUT2D eigenvalue weighted by molar-refractivity contribution is -0.134. The molecule has 0 radical (unpaired) electrons. The van der Waals surface area contributed by atoms with Gasteiger partial charge in [-0.1, -0.05) is 0 Å². The van der Waals surface area contributed by atoms with Crippen LogP contribution in [0.15, 0.2) is 16.7 Å². The van der Waals surface area contributed by atoms with Crippen molar-refractivity contribution in [3.05, 3.63) is 23.7 Å². The van der Waals surface area contributed by atoms with E-state index in [1.807, 2.05) is 11.8 Å². The van der Waals surface area contributed by atoms with Gasteiger partial charge in [-0.15, -0.1) is 0 Å². The number of nitrogens with one attached hydrogen (secondary N) is 1. The van der Waals surface area contributed by atoms with Gasteiger partial charge in [0.05, 0.1) is 18.2 Å². The Labute approximate surface area is 117 Å². The molecule has 1 aromatic rings. The summed E-state index contributed by atoms with van der Waals surface area (Å²) in [5, 5.41) is 11.9. The van der Waals surface area contributed by atoms with E-state index in [4.69, 9.17) is 9.52 Å². The maximum absolute atomic E-state index is 12.2. The molecule has 20 heavy (non-hydrogen) atoms. The van der Waals surface area contributed by atoms with E-state index >= 15 is 0 Å². The Bertz CT molecular complexity index is 477. The van der Waals surface area contributed by atoms with Gasteiger partial charge in [-0.2, -0.15) is 0 Å². The van der Waals surface area contributed by atoms with Crippen LogP contribution in [0.5, 0.6) is 0 Å². The molecule has 1 aliphatic rings. The van der Waals surface area contributed by atoms with Crippen LogP contribution in [0.25, 0.3) is 0 Å². The number of carbonyl (C=O) groups excluding carboxylic acids is 1. The molecule has 0 aliphatic carbocycles. The van der Waals surface area contributed by atoms with Gasteiger partial charge in [0, 0.05) is 13.1 Å². The highest BCUT2D eigenvalue weighted by Gasteiger charge is 2.22. The van der Waals surface area contributed by atoms with Gasteiger partial charge >= 0.3 is 5.97 Å². The van der Waals surface area contributed by atoms with Gasteiger partial charge in [0.2, 0.25) is 5.91 Å². The highest BCUT2D eigenvalue weighted by atomic mass is 16.4. The van der Waals surface area contributed by atoms with Gasteiger partial charge < -0.3 is 14.4 Å². The molecule has 1 amide bonds. The number of rotatable bonds is 5. The zero-order valence-corrected chi connectivity index (χ0v) is 11.6. The number of nitrogens with zero attached hydrogens (tertiary/aromatic N) is 1. The fourth-order valence-electron chi connectivity index (χ4n) is 2.31. The second kappa shape index (κ2) is 6.56. The molecule has 2 rings (SSSR count). The van der Waals surface area contributed by atoms with E-state index in [-0.39, 0.29) is 17.5 Å². The van der Waals surface area contributed by atoms with Crippen LogP contribution in [-0.2, 0) is 11.3 Å². The van der Waals surface area contributed by atoms with Crippen molar-refractivity contribution >= 4 is 11.9 Å². The smallest absolute Gasteiger partial charge is 0.338 e. The first-order chi connectivity index (χ1) is 9.58. The molecule has 1 atom stereocenters. The molecule has 1 aromatic heterocycles. The maximum Gasteiger partial charge on any atom is 0.338 e. The van der Waals surface area contributed by atoms with Crippen molar-refractivity contribution in [2.24, 2.45) is 0 Å². The van der Waals surface area contributed by atoms with Crippen molar-refractivity contribution in [2.45, 2.75) is 38.8 Å². The monoisotopic (exact) mass is 280 g/mol. The number of likely N-dealkylation sites (tertiary alicyclic amines) is 1. The zero-order chi connectivity index (χ0) is 14.5. The molecule has 1 saturated heterocycles. The van der Waals surface area contributed by atoms with E-state index < -0.39 is 5.97 Å². The summed E-state index contributed by atoms with van der Waals surface area (Å²) in [6.07, 6.45) is 4.53. The Kier molecular flexibility index (Phi) is 4.79. The second-order valence-electron chi connectivity index (χ2n) is 5.10. The first-order valence-electron chi connectivity index (χ1n) is 6.91. The lowest BCUT2D eigenvalue weighted by Crippen LogP contribution is -2.46. The van der Waals surface area contributed by atoms with Crippen molar-refractivity contribution in [1.82, 2.24) is 10.2 Å². The summed E-state index contributed by atoms with van der Waals surface area (Å²) in [6.45, 7) is 3.82. The zero-order valence-electron chi connectivity index (χ0n) is 11.6. The molecule has 2 heterocycles. The Balaban J connectivity index is 1.82. The van der Waals surface area contributed by atoms with Crippen molar-refractivity contribution in [3.8, 4) is 0 Å². The molecular weight excluding hydrogens is 260 g/mol. The van der Waals surface area contributed by atoms with Crippen LogP contribution in [0.1, 0.15) is 42.3 Å². The summed E-state index contributed by atoms with van der Waals surface area (Å²) in [5.74, 6) is -0.409. The number of hydrogen-bond acceptors (Lipinski definition) is 4. The fraction of sp³-hybridized carbons (Fsp3) is 0.571. The third kappa shape index (κ3) is 3.60. The Morgan fingerprint density at radius 1 is 1.40 bits per heavy atom. The van der Waals surface area contributed by atoms with E-state index in [1.54, 1.807) is 0 Å². The summed E-state index contributed by atoms with van der Waals surface area (Å²) in [4.78, 5) is 24.8. The molecule has 2 N–H and O–H groups in total. The molecule has 110 valence electrons. The Morgan fingerprint density at radius 2 is 2.10 bits per heavy atom. The van der Waals surface area contributed by atoms with Crippen LogP contribution in [0.2, 0.25) is 0 Å². The molecule has 1 unspecified atom stereocenters. The molecule has 0 saturated carbocycles. The van der Waals surface area contributed by atoms with Crippen LogP contribution in [-0.4, -0.2) is 41.0 Å². The molecule has 6 nitrogen and oxygen atoms in total. The number of carbonyl (C=O) groups is 2. The number of aromatic carboxylic acids is 1. The molecule has 1 aliphatic heterocycles. The van der Waals surface area contributed by atoms with Crippen LogP contribution >= 0.6 is 0 Å². The summed E-state index contributed by atoms with van der Waals surface area (Å²) in [7, 11) is 0. The number of furan rings is 1. The molecular formula is C14H20N2O4. The third-order valence-electron chi connectivity index (χ3n) is 3.52. The lowest BCUT2D eigenvalue weighted by Gasteiger charge is -2.29. The quantitative estimate of drug-likeness (QED) is 0.853. The van der Waals surface area contributed by atoms with Crippen LogP contribution in [0, 0.1) is 0 Å². The van der Waals surface area contributed by atoms with E-state index in [9.17, 15) is 9.59 Å². The highest BCUT2D eigenvalue weighted by molar-refractivity contribution is 5.87. The topological polar surface area (TPSA) is 82.8 Å². The molecule has 6 heteroatoms. The summed E-state index contributed by atoms with van der Waals surface area (Å²) in [6, 6.07) is 1.17. The molecule has 0 bridgehead atoms. The predicted octanol–water partition coefficient (Wildman–Crippen LogP) is 1.47. The lowest BCUT2D eigenvalue weighted by atomic mass is 10.1. The predicted molar refractivity (Wildman–Crippen MR) is 72.4 cm³/mol. The van der Waals surface area contributed by atoms with E-state index in [1.165, 1.54) is 18.8 Å². The first-order valence-corrected chi connectivity index (χ1v) is 6.91. The highest BCUT2D eigenvalue weighted by Crippen LogP contribution is 2.11. The van der Waals surface area contributed by atoms with Crippen molar-refractivity contribution in [2.75, 3.05) is 13.1 Å².